The molecule has 0 N–H and O–H groups in total. The molecule has 0 aliphatic carbocycles. The van der Waals surface area contributed by atoms with Gasteiger partial charge in [0.2, 0.25) is 0 Å². The van der Waals surface area contributed by atoms with Crippen molar-refractivity contribution in [3.63, 3.8) is 0 Å². The van der Waals surface area contributed by atoms with Crippen LogP contribution < -0.4 is 10.4 Å². The summed E-state index contributed by atoms with van der Waals surface area (Å²) in [6.07, 6.45) is 5.46. The van der Waals surface area contributed by atoms with E-state index in [1.807, 2.05) is 10.6 Å². The molecule has 6 nitrogen and oxygen atoms in total. The highest BCUT2D eigenvalue weighted by molar-refractivity contribution is 6.32. The molecule has 164 valence electrons. The molecule has 0 bridgehead atoms. The molecular weight excluding hydrogens is 431 g/mol. The van der Waals surface area contributed by atoms with E-state index in [9.17, 15) is 9.18 Å². The fourth-order valence-electron chi connectivity index (χ4n) is 4.37. The van der Waals surface area contributed by atoms with E-state index in [-0.39, 0.29) is 22.5 Å². The third kappa shape index (κ3) is 3.67. The monoisotopic (exact) mass is 452 g/mol. The van der Waals surface area contributed by atoms with E-state index in [0.29, 0.717) is 11.4 Å². The van der Waals surface area contributed by atoms with E-state index < -0.39 is 5.82 Å². The van der Waals surface area contributed by atoms with Crippen LogP contribution in [0.15, 0.2) is 65.7 Å². The highest BCUT2D eigenvalue weighted by Gasteiger charge is 2.25. The Kier molecular flexibility index (Phi) is 5.45. The van der Waals surface area contributed by atoms with Gasteiger partial charge < -0.3 is 9.64 Å². The normalized spacial score (nSPS) is 17.0. The Balaban J connectivity index is 1.53. The molecular formula is C24H22ClFN4O2. The summed E-state index contributed by atoms with van der Waals surface area (Å²) in [5.74, 6) is 0.185. The maximum Gasteiger partial charge on any atom is 0.334 e. The van der Waals surface area contributed by atoms with Crippen LogP contribution in [0, 0.1) is 5.82 Å². The van der Waals surface area contributed by atoms with Gasteiger partial charge in [-0.3, -0.25) is 14.1 Å². The van der Waals surface area contributed by atoms with Gasteiger partial charge in [-0.15, -0.1) is 0 Å². The minimum atomic E-state index is -0.541. The van der Waals surface area contributed by atoms with Gasteiger partial charge in [0.25, 0.3) is 0 Å². The SMILES string of the molecule is CN1CCCC(n2c(=O)n(-c3ccc(Oc4cccc(F)c4Cl)cc3)c3cnccc32)C1. The molecule has 1 atom stereocenters. The van der Waals surface area contributed by atoms with Gasteiger partial charge in [-0.2, -0.15) is 0 Å². The van der Waals surface area contributed by atoms with Crippen LogP contribution in [0.3, 0.4) is 0 Å². The maximum absolute atomic E-state index is 13.7. The van der Waals surface area contributed by atoms with Crippen LogP contribution in [-0.4, -0.2) is 39.2 Å². The average molecular weight is 453 g/mol. The number of pyridine rings is 1. The highest BCUT2D eigenvalue weighted by atomic mass is 35.5. The van der Waals surface area contributed by atoms with E-state index >= 15 is 0 Å². The Bertz CT molecular complexity index is 1330. The summed E-state index contributed by atoms with van der Waals surface area (Å²) in [5.41, 5.74) is 2.24. The molecule has 1 aliphatic heterocycles. The number of ether oxygens (including phenoxy) is 1. The lowest BCUT2D eigenvalue weighted by Gasteiger charge is -2.30. The largest absolute Gasteiger partial charge is 0.456 e. The van der Waals surface area contributed by atoms with Gasteiger partial charge in [0.1, 0.15) is 22.3 Å². The minimum Gasteiger partial charge on any atom is -0.456 e. The topological polar surface area (TPSA) is 52.3 Å². The number of fused-ring (bicyclic) bond motifs is 1. The second-order valence-corrected chi connectivity index (χ2v) is 8.44. The molecule has 5 rings (SSSR count). The molecule has 0 radical (unpaired) electrons. The van der Waals surface area contributed by atoms with Crippen LogP contribution in [-0.2, 0) is 0 Å². The first-order valence-electron chi connectivity index (χ1n) is 10.5. The molecule has 1 unspecified atom stereocenters. The Labute approximate surface area is 189 Å². The Morgan fingerprint density at radius 3 is 2.72 bits per heavy atom. The zero-order valence-corrected chi connectivity index (χ0v) is 18.3. The van der Waals surface area contributed by atoms with Crippen molar-refractivity contribution in [3.05, 3.63) is 82.2 Å². The summed E-state index contributed by atoms with van der Waals surface area (Å²) in [5, 5.41) is -0.0700. The number of imidazole rings is 1. The number of benzene rings is 2. The predicted molar refractivity (Wildman–Crippen MR) is 123 cm³/mol. The number of likely N-dealkylation sites (tertiary alicyclic amines) is 1. The quantitative estimate of drug-likeness (QED) is 0.435. The summed E-state index contributed by atoms with van der Waals surface area (Å²) in [4.78, 5) is 20.0. The van der Waals surface area contributed by atoms with Crippen molar-refractivity contribution in [3.8, 4) is 17.2 Å². The molecule has 2 aromatic carbocycles. The Morgan fingerprint density at radius 1 is 1.12 bits per heavy atom. The second-order valence-electron chi connectivity index (χ2n) is 8.06. The first-order valence-corrected chi connectivity index (χ1v) is 10.9. The molecule has 1 aliphatic rings. The van der Waals surface area contributed by atoms with Gasteiger partial charge in [0.05, 0.1) is 29.0 Å². The minimum absolute atomic E-state index is 0.0700. The molecule has 0 spiro atoms. The van der Waals surface area contributed by atoms with Crippen LogP contribution in [0.4, 0.5) is 4.39 Å². The number of piperidine rings is 1. The summed E-state index contributed by atoms with van der Waals surface area (Å²) in [6, 6.07) is 13.5. The lowest BCUT2D eigenvalue weighted by molar-refractivity contribution is 0.212. The number of rotatable bonds is 4. The van der Waals surface area contributed by atoms with E-state index in [1.54, 1.807) is 47.3 Å². The van der Waals surface area contributed by atoms with E-state index in [2.05, 4.69) is 16.9 Å². The predicted octanol–water partition coefficient (Wildman–Crippen LogP) is 5.04. The second kappa shape index (κ2) is 8.41. The molecule has 0 saturated carbocycles. The molecule has 8 heteroatoms. The van der Waals surface area contributed by atoms with Crippen molar-refractivity contribution >= 4 is 22.6 Å². The molecule has 3 heterocycles. The summed E-state index contributed by atoms with van der Waals surface area (Å²) < 4.78 is 23.0. The molecule has 4 aromatic rings. The third-order valence-corrected chi connectivity index (χ3v) is 6.25. The Hall–Kier alpha value is -3.16. The van der Waals surface area contributed by atoms with Crippen LogP contribution in [0.1, 0.15) is 18.9 Å². The number of hydrogen-bond acceptors (Lipinski definition) is 4. The summed E-state index contributed by atoms with van der Waals surface area (Å²) in [6.45, 7) is 1.88. The first-order chi connectivity index (χ1) is 15.5. The fraction of sp³-hybridized carbons (Fsp3) is 0.250. The van der Waals surface area contributed by atoms with Crippen molar-refractivity contribution in [2.75, 3.05) is 20.1 Å². The van der Waals surface area contributed by atoms with Gasteiger partial charge >= 0.3 is 5.69 Å². The van der Waals surface area contributed by atoms with Gasteiger partial charge in [-0.1, -0.05) is 17.7 Å². The lowest BCUT2D eigenvalue weighted by Crippen LogP contribution is -2.37. The zero-order valence-electron chi connectivity index (χ0n) is 17.5. The van der Waals surface area contributed by atoms with E-state index in [4.69, 9.17) is 16.3 Å². The lowest BCUT2D eigenvalue weighted by atomic mass is 10.1. The van der Waals surface area contributed by atoms with Crippen LogP contribution in [0.5, 0.6) is 11.5 Å². The highest BCUT2D eigenvalue weighted by Crippen LogP contribution is 2.32. The number of hydrogen-bond donors (Lipinski definition) is 0. The molecule has 0 amide bonds. The maximum atomic E-state index is 13.7. The third-order valence-electron chi connectivity index (χ3n) is 5.88. The van der Waals surface area contributed by atoms with Gasteiger partial charge in [-0.05, 0) is 68.9 Å². The van der Waals surface area contributed by atoms with Crippen molar-refractivity contribution in [1.82, 2.24) is 19.0 Å². The first kappa shape index (κ1) is 20.7. The van der Waals surface area contributed by atoms with Gasteiger partial charge in [0, 0.05) is 12.7 Å². The number of likely N-dealkylation sites (N-methyl/N-ethyl adjacent to an activating group) is 1. The number of halogens is 2. The van der Waals surface area contributed by atoms with Crippen molar-refractivity contribution in [2.24, 2.45) is 0 Å². The van der Waals surface area contributed by atoms with E-state index in [1.165, 1.54) is 12.1 Å². The van der Waals surface area contributed by atoms with Crippen LogP contribution in [0.25, 0.3) is 16.7 Å². The summed E-state index contributed by atoms with van der Waals surface area (Å²) in [7, 11) is 2.08. The smallest absolute Gasteiger partial charge is 0.334 e. The number of nitrogens with zero attached hydrogens (tertiary/aromatic N) is 4. The van der Waals surface area contributed by atoms with Crippen molar-refractivity contribution < 1.29 is 9.13 Å². The van der Waals surface area contributed by atoms with Crippen LogP contribution >= 0.6 is 11.6 Å². The van der Waals surface area contributed by atoms with Gasteiger partial charge in [-0.25, -0.2) is 9.18 Å². The van der Waals surface area contributed by atoms with Crippen molar-refractivity contribution in [2.45, 2.75) is 18.9 Å². The average Bonchev–Trinajstić information content (AvgIpc) is 3.09. The van der Waals surface area contributed by atoms with Crippen LogP contribution in [0.2, 0.25) is 5.02 Å². The molecule has 32 heavy (non-hydrogen) atoms. The van der Waals surface area contributed by atoms with Gasteiger partial charge in [0.15, 0.2) is 0 Å². The standard InChI is InChI=1S/C24H22ClFN4O2/c1-28-13-3-4-17(15-28)30-20-11-12-27-14-21(20)29(24(30)31)16-7-9-18(10-8-16)32-22-6-2-5-19(26)23(22)25/h2,5-12,14,17H,3-4,13,15H2,1H3. The summed E-state index contributed by atoms with van der Waals surface area (Å²) >= 11 is 5.98. The number of aromatic nitrogens is 3. The zero-order chi connectivity index (χ0) is 22.2. The van der Waals surface area contributed by atoms with E-state index in [0.717, 1.165) is 37.0 Å². The molecule has 1 fully saturated rings. The molecule has 2 aromatic heterocycles. The van der Waals surface area contributed by atoms with Crippen molar-refractivity contribution in [1.29, 1.82) is 0 Å². The molecule has 1 saturated heterocycles. The Morgan fingerprint density at radius 2 is 1.94 bits per heavy atom. The fourth-order valence-corrected chi connectivity index (χ4v) is 4.54.